The number of nitrogens with one attached hydrogen (secondary N) is 1. The number of morpholine rings is 1. The lowest BCUT2D eigenvalue weighted by Crippen LogP contribution is -2.33. The van der Waals surface area contributed by atoms with Crippen LogP contribution in [0.4, 0.5) is 0 Å². The first-order valence-corrected chi connectivity index (χ1v) is 5.51. The Balaban J connectivity index is 1.83. The van der Waals surface area contributed by atoms with Crippen molar-refractivity contribution in [3.05, 3.63) is 30.3 Å². The molecule has 0 bridgehead atoms. The maximum absolute atomic E-state index is 5.53. The van der Waals surface area contributed by atoms with E-state index in [4.69, 9.17) is 9.26 Å². The Hall–Kier alpha value is -1.79. The molecule has 1 fully saturated rings. The summed E-state index contributed by atoms with van der Waals surface area (Å²) in [6, 6.07) is 5.57. The molecule has 1 aliphatic rings. The van der Waals surface area contributed by atoms with E-state index in [2.05, 4.69) is 20.4 Å². The van der Waals surface area contributed by atoms with Gasteiger partial charge in [0.05, 0.1) is 6.61 Å². The highest BCUT2D eigenvalue weighted by Crippen LogP contribution is 2.19. The van der Waals surface area contributed by atoms with E-state index in [1.54, 1.807) is 6.20 Å². The molecule has 1 unspecified atom stereocenters. The third-order valence-electron chi connectivity index (χ3n) is 2.54. The molecule has 0 aromatic carbocycles. The van der Waals surface area contributed by atoms with Crippen LogP contribution in [0.1, 0.15) is 12.0 Å². The minimum atomic E-state index is -0.159. The zero-order valence-corrected chi connectivity index (χ0v) is 9.17. The van der Waals surface area contributed by atoms with Crippen LogP contribution >= 0.6 is 0 Å². The maximum atomic E-state index is 5.53. The zero-order valence-electron chi connectivity index (χ0n) is 9.17. The largest absolute Gasteiger partial charge is 0.366 e. The fourth-order valence-electron chi connectivity index (χ4n) is 1.69. The topological polar surface area (TPSA) is 73.1 Å². The van der Waals surface area contributed by atoms with Gasteiger partial charge in [-0.1, -0.05) is 11.2 Å². The second kappa shape index (κ2) is 4.60. The molecule has 0 radical (unpaired) electrons. The summed E-state index contributed by atoms with van der Waals surface area (Å²) in [6.45, 7) is 2.22. The Kier molecular flexibility index (Phi) is 2.81. The molecule has 6 heteroatoms. The second-order valence-corrected chi connectivity index (χ2v) is 3.73. The minimum Gasteiger partial charge on any atom is -0.366 e. The van der Waals surface area contributed by atoms with Crippen molar-refractivity contribution in [3.63, 3.8) is 0 Å². The average molecular weight is 232 g/mol. The van der Waals surface area contributed by atoms with Crippen molar-refractivity contribution in [2.45, 2.75) is 6.10 Å². The maximum Gasteiger partial charge on any atom is 0.257 e. The third-order valence-corrected chi connectivity index (χ3v) is 2.54. The highest BCUT2D eigenvalue weighted by atomic mass is 16.5. The summed E-state index contributed by atoms with van der Waals surface area (Å²) in [4.78, 5) is 8.46. The average Bonchev–Trinajstić information content (AvgIpc) is 2.90. The molecule has 0 saturated carbocycles. The Bertz CT molecular complexity index is 479. The number of rotatable bonds is 2. The van der Waals surface area contributed by atoms with E-state index in [-0.39, 0.29) is 6.10 Å². The number of pyridine rings is 1. The van der Waals surface area contributed by atoms with Crippen molar-refractivity contribution in [3.8, 4) is 11.5 Å². The summed E-state index contributed by atoms with van der Waals surface area (Å²) < 4.78 is 10.7. The summed E-state index contributed by atoms with van der Waals surface area (Å²) >= 11 is 0. The van der Waals surface area contributed by atoms with Crippen LogP contribution in [0.15, 0.2) is 28.9 Å². The van der Waals surface area contributed by atoms with E-state index in [9.17, 15) is 0 Å². The van der Waals surface area contributed by atoms with Crippen LogP contribution in [-0.4, -0.2) is 34.8 Å². The van der Waals surface area contributed by atoms with Crippen molar-refractivity contribution < 1.29 is 9.26 Å². The Morgan fingerprint density at radius 1 is 1.35 bits per heavy atom. The van der Waals surface area contributed by atoms with Gasteiger partial charge in [-0.2, -0.15) is 4.98 Å². The summed E-state index contributed by atoms with van der Waals surface area (Å²) in [7, 11) is 0. The van der Waals surface area contributed by atoms with Crippen molar-refractivity contribution in [2.75, 3.05) is 19.7 Å². The van der Waals surface area contributed by atoms with Gasteiger partial charge in [-0.25, -0.2) is 0 Å². The Morgan fingerprint density at radius 3 is 3.12 bits per heavy atom. The Labute approximate surface area is 98.0 Å². The standard InChI is InChI=1S/C11H12N4O2/c1-2-4-13-8(3-1)10-14-11(17-15-10)9-7-12-5-6-16-9/h1-4,9,12H,5-7H2. The van der Waals surface area contributed by atoms with E-state index in [0.717, 1.165) is 6.54 Å². The van der Waals surface area contributed by atoms with Gasteiger partial charge in [0.2, 0.25) is 5.82 Å². The first-order valence-electron chi connectivity index (χ1n) is 5.51. The first kappa shape index (κ1) is 10.4. The Morgan fingerprint density at radius 2 is 2.35 bits per heavy atom. The van der Waals surface area contributed by atoms with Gasteiger partial charge in [0.15, 0.2) is 0 Å². The minimum absolute atomic E-state index is 0.159. The van der Waals surface area contributed by atoms with Crippen LogP contribution in [0.2, 0.25) is 0 Å². The van der Waals surface area contributed by atoms with Crippen LogP contribution in [0.25, 0.3) is 11.5 Å². The molecule has 1 atom stereocenters. The molecule has 1 N–H and O–H groups in total. The lowest BCUT2D eigenvalue weighted by Gasteiger charge is -2.19. The molecule has 2 aromatic rings. The van der Waals surface area contributed by atoms with Gasteiger partial charge >= 0.3 is 0 Å². The van der Waals surface area contributed by atoms with Gasteiger partial charge in [-0.3, -0.25) is 4.98 Å². The van der Waals surface area contributed by atoms with Crippen molar-refractivity contribution >= 4 is 0 Å². The van der Waals surface area contributed by atoms with Gasteiger partial charge in [0, 0.05) is 19.3 Å². The van der Waals surface area contributed by atoms with E-state index < -0.39 is 0 Å². The molecule has 3 heterocycles. The van der Waals surface area contributed by atoms with Gasteiger partial charge in [-0.05, 0) is 12.1 Å². The normalized spacial score (nSPS) is 20.4. The van der Waals surface area contributed by atoms with E-state index >= 15 is 0 Å². The summed E-state index contributed by atoms with van der Waals surface area (Å²) in [5.74, 6) is 0.993. The highest BCUT2D eigenvalue weighted by Gasteiger charge is 2.22. The molecule has 0 amide bonds. The van der Waals surface area contributed by atoms with Gasteiger partial charge < -0.3 is 14.6 Å². The molecular formula is C11H12N4O2. The van der Waals surface area contributed by atoms with Crippen LogP contribution in [-0.2, 0) is 4.74 Å². The van der Waals surface area contributed by atoms with Crippen molar-refractivity contribution in [1.29, 1.82) is 0 Å². The van der Waals surface area contributed by atoms with Crippen LogP contribution in [0, 0.1) is 0 Å². The molecule has 6 nitrogen and oxygen atoms in total. The number of nitrogens with zero attached hydrogens (tertiary/aromatic N) is 3. The third kappa shape index (κ3) is 2.17. The molecule has 1 aliphatic heterocycles. The van der Waals surface area contributed by atoms with E-state index in [0.29, 0.717) is 30.6 Å². The molecule has 0 spiro atoms. The van der Waals surface area contributed by atoms with Crippen molar-refractivity contribution in [2.24, 2.45) is 0 Å². The molecule has 3 rings (SSSR count). The fraction of sp³-hybridized carbons (Fsp3) is 0.364. The zero-order chi connectivity index (χ0) is 11.5. The number of hydrogen-bond acceptors (Lipinski definition) is 6. The molecule has 2 aromatic heterocycles. The van der Waals surface area contributed by atoms with Gasteiger partial charge in [-0.15, -0.1) is 0 Å². The lowest BCUT2D eigenvalue weighted by molar-refractivity contribution is 0.00755. The predicted molar refractivity (Wildman–Crippen MR) is 59.1 cm³/mol. The molecule has 88 valence electrons. The van der Waals surface area contributed by atoms with Gasteiger partial charge in [0.25, 0.3) is 5.89 Å². The predicted octanol–water partition coefficient (Wildman–Crippen LogP) is 0.792. The summed E-state index contributed by atoms with van der Waals surface area (Å²) in [5.41, 5.74) is 0.700. The van der Waals surface area contributed by atoms with Crippen LogP contribution in [0.5, 0.6) is 0 Å². The van der Waals surface area contributed by atoms with Crippen molar-refractivity contribution in [1.82, 2.24) is 20.4 Å². The molecular weight excluding hydrogens is 220 g/mol. The van der Waals surface area contributed by atoms with Crippen LogP contribution in [0.3, 0.4) is 0 Å². The number of aromatic nitrogens is 3. The lowest BCUT2D eigenvalue weighted by atomic mass is 10.3. The summed E-state index contributed by atoms with van der Waals surface area (Å²) in [6.07, 6.45) is 1.54. The molecule has 0 aliphatic carbocycles. The van der Waals surface area contributed by atoms with Gasteiger partial charge in [0.1, 0.15) is 11.8 Å². The quantitative estimate of drug-likeness (QED) is 0.825. The van der Waals surface area contributed by atoms with E-state index in [1.165, 1.54) is 0 Å². The molecule has 17 heavy (non-hydrogen) atoms. The van der Waals surface area contributed by atoms with E-state index in [1.807, 2.05) is 18.2 Å². The number of ether oxygens (including phenoxy) is 1. The SMILES string of the molecule is c1ccc(-c2noc(C3CNCCO3)n2)nc1. The fourth-order valence-corrected chi connectivity index (χ4v) is 1.69. The van der Waals surface area contributed by atoms with Crippen LogP contribution < -0.4 is 5.32 Å². The summed E-state index contributed by atoms with van der Waals surface area (Å²) in [5, 5.41) is 7.12. The first-order chi connectivity index (χ1) is 8.43. The second-order valence-electron chi connectivity index (χ2n) is 3.73. The smallest absolute Gasteiger partial charge is 0.257 e. The monoisotopic (exact) mass is 232 g/mol. The molecule has 1 saturated heterocycles. The number of hydrogen-bond donors (Lipinski definition) is 1. The highest BCUT2D eigenvalue weighted by molar-refractivity contribution is 5.47.